The zero-order valence-electron chi connectivity index (χ0n) is 8.11. The highest BCUT2D eigenvalue weighted by atomic mass is 32.1. The second-order valence-electron chi connectivity index (χ2n) is 3.59. The van der Waals surface area contributed by atoms with E-state index in [4.69, 9.17) is 5.26 Å². The first-order chi connectivity index (χ1) is 6.49. The Bertz CT molecular complexity index is 404. The van der Waals surface area contributed by atoms with E-state index in [1.54, 1.807) is 32.0 Å². The summed E-state index contributed by atoms with van der Waals surface area (Å²) in [6.45, 7) is 3.56. The lowest BCUT2D eigenvalue weighted by molar-refractivity contribution is 0.108. The van der Waals surface area contributed by atoms with Gasteiger partial charge in [0, 0.05) is 5.56 Å². The van der Waals surface area contributed by atoms with Crippen LogP contribution in [0.15, 0.2) is 24.3 Å². The largest absolute Gasteiger partial charge is 0.282 e. The van der Waals surface area contributed by atoms with Gasteiger partial charge < -0.3 is 0 Å². The van der Waals surface area contributed by atoms with Crippen molar-refractivity contribution in [1.82, 2.24) is 0 Å². The highest BCUT2D eigenvalue weighted by Crippen LogP contribution is 2.26. The molecule has 0 unspecified atom stereocenters. The summed E-state index contributed by atoms with van der Waals surface area (Å²) in [6, 6.07) is 9.21. The van der Waals surface area contributed by atoms with Crippen LogP contribution in [0.25, 0.3) is 0 Å². The van der Waals surface area contributed by atoms with Crippen molar-refractivity contribution in [3.63, 3.8) is 0 Å². The van der Waals surface area contributed by atoms with Crippen molar-refractivity contribution in [2.24, 2.45) is 0 Å². The van der Waals surface area contributed by atoms with Crippen LogP contribution < -0.4 is 0 Å². The van der Waals surface area contributed by atoms with E-state index in [2.05, 4.69) is 18.7 Å². The minimum atomic E-state index is -0.658. The fraction of sp³-hybridized carbons (Fsp3) is 0.273. The average Bonchev–Trinajstić information content (AvgIpc) is 2.18. The smallest absolute Gasteiger partial charge is 0.216 e. The second-order valence-corrected chi connectivity index (χ2v) is 3.99. The molecule has 0 heterocycles. The molecule has 0 aliphatic rings. The molecule has 0 saturated carbocycles. The van der Waals surface area contributed by atoms with Crippen LogP contribution >= 0.6 is 12.6 Å². The fourth-order valence-electron chi connectivity index (χ4n) is 1.27. The molecule has 1 aromatic carbocycles. The fourth-order valence-corrected chi connectivity index (χ4v) is 1.47. The van der Waals surface area contributed by atoms with E-state index in [1.165, 1.54) is 0 Å². The summed E-state index contributed by atoms with van der Waals surface area (Å²) in [6.07, 6.45) is 0. The number of benzene rings is 1. The topological polar surface area (TPSA) is 40.9 Å². The van der Waals surface area contributed by atoms with Crippen LogP contribution in [0.4, 0.5) is 0 Å². The van der Waals surface area contributed by atoms with Gasteiger partial charge >= 0.3 is 0 Å². The van der Waals surface area contributed by atoms with Crippen molar-refractivity contribution in [1.29, 1.82) is 5.26 Å². The second kappa shape index (κ2) is 3.85. The van der Waals surface area contributed by atoms with Gasteiger partial charge in [0.2, 0.25) is 5.12 Å². The highest BCUT2D eigenvalue weighted by molar-refractivity contribution is 7.97. The molecule has 0 aliphatic carbocycles. The first-order valence-corrected chi connectivity index (χ1v) is 4.68. The maximum absolute atomic E-state index is 11.2. The van der Waals surface area contributed by atoms with Crippen LogP contribution in [0.3, 0.4) is 0 Å². The number of hydrogen-bond acceptors (Lipinski definition) is 2. The molecule has 1 aromatic rings. The van der Waals surface area contributed by atoms with Gasteiger partial charge in [-0.15, -0.1) is 12.6 Å². The van der Waals surface area contributed by atoms with E-state index in [0.717, 1.165) is 5.56 Å². The summed E-state index contributed by atoms with van der Waals surface area (Å²) in [4.78, 5) is 11.2. The van der Waals surface area contributed by atoms with Crippen LogP contribution in [0, 0.1) is 11.3 Å². The number of carbonyl (C=O) groups is 1. The quantitative estimate of drug-likeness (QED) is 0.754. The zero-order valence-corrected chi connectivity index (χ0v) is 9.01. The molecule has 0 aliphatic heterocycles. The van der Waals surface area contributed by atoms with Crippen LogP contribution in [0.1, 0.15) is 29.8 Å². The van der Waals surface area contributed by atoms with Crippen molar-refractivity contribution in [2.75, 3.05) is 0 Å². The Morgan fingerprint density at radius 1 is 1.43 bits per heavy atom. The van der Waals surface area contributed by atoms with Crippen molar-refractivity contribution in [3.8, 4) is 6.07 Å². The number of nitrogens with zero attached hydrogens (tertiary/aromatic N) is 1. The molecule has 0 saturated heterocycles. The molecule has 0 spiro atoms. The number of carbonyl (C=O) groups excluding carboxylic acids is 1. The Labute approximate surface area is 89.0 Å². The lowest BCUT2D eigenvalue weighted by atomic mass is 9.83. The van der Waals surface area contributed by atoms with Gasteiger partial charge in [-0.1, -0.05) is 24.3 Å². The Morgan fingerprint density at radius 3 is 2.50 bits per heavy atom. The number of thiol groups is 1. The normalized spacial score (nSPS) is 10.7. The van der Waals surface area contributed by atoms with E-state index in [-0.39, 0.29) is 5.12 Å². The predicted octanol–water partition coefficient (Wildman–Crippen LogP) is 2.56. The lowest BCUT2D eigenvalue weighted by Crippen LogP contribution is -2.17. The first kappa shape index (κ1) is 10.8. The van der Waals surface area contributed by atoms with E-state index >= 15 is 0 Å². The summed E-state index contributed by atoms with van der Waals surface area (Å²) < 4.78 is 0. The first-order valence-electron chi connectivity index (χ1n) is 4.23. The van der Waals surface area contributed by atoms with Crippen LogP contribution in [-0.4, -0.2) is 5.12 Å². The van der Waals surface area contributed by atoms with Gasteiger partial charge in [-0.2, -0.15) is 5.26 Å². The van der Waals surface area contributed by atoms with Gasteiger partial charge in [0.25, 0.3) is 0 Å². The molecular weight excluding hydrogens is 194 g/mol. The van der Waals surface area contributed by atoms with Crippen molar-refractivity contribution < 1.29 is 4.79 Å². The third-order valence-electron chi connectivity index (χ3n) is 2.11. The van der Waals surface area contributed by atoms with Gasteiger partial charge in [-0.05, 0) is 19.4 Å². The van der Waals surface area contributed by atoms with E-state index in [9.17, 15) is 4.79 Å². The summed E-state index contributed by atoms with van der Waals surface area (Å²) in [5, 5.41) is 8.67. The number of nitriles is 1. The Balaban J connectivity index is 3.36. The molecule has 72 valence electrons. The third kappa shape index (κ3) is 1.97. The van der Waals surface area contributed by atoms with Crippen LogP contribution in [0.2, 0.25) is 0 Å². The molecule has 2 nitrogen and oxygen atoms in total. The number of rotatable bonds is 2. The van der Waals surface area contributed by atoms with Gasteiger partial charge in [0.05, 0.1) is 11.5 Å². The Kier molecular flexibility index (Phi) is 2.97. The van der Waals surface area contributed by atoms with Crippen LogP contribution in [-0.2, 0) is 5.41 Å². The summed E-state index contributed by atoms with van der Waals surface area (Å²) >= 11 is 3.78. The van der Waals surface area contributed by atoms with Gasteiger partial charge in [-0.3, -0.25) is 4.79 Å². The van der Waals surface area contributed by atoms with Gasteiger partial charge in [-0.25, -0.2) is 0 Å². The molecular formula is C11H11NOS. The molecule has 3 heteroatoms. The summed E-state index contributed by atoms with van der Waals surface area (Å²) in [5.74, 6) is 0. The third-order valence-corrected chi connectivity index (χ3v) is 2.35. The number of hydrogen-bond donors (Lipinski definition) is 1. The minimum Gasteiger partial charge on any atom is -0.282 e. The van der Waals surface area contributed by atoms with E-state index < -0.39 is 5.41 Å². The standard InChI is InChI=1S/C11H11NOS/c1-11(2,7-12)9-6-4-3-5-8(9)10(13)14/h3-6H,1-2H3,(H,13,14). The SMILES string of the molecule is CC(C)(C#N)c1ccccc1C(=O)S. The zero-order chi connectivity index (χ0) is 10.8. The molecule has 0 N–H and O–H groups in total. The average molecular weight is 205 g/mol. The molecule has 0 aromatic heterocycles. The molecule has 14 heavy (non-hydrogen) atoms. The molecule has 0 atom stereocenters. The monoisotopic (exact) mass is 205 g/mol. The predicted molar refractivity (Wildman–Crippen MR) is 58.4 cm³/mol. The van der Waals surface area contributed by atoms with Crippen LogP contribution in [0.5, 0.6) is 0 Å². The summed E-state index contributed by atoms with van der Waals surface area (Å²) in [5.41, 5.74) is 0.569. The molecule has 0 radical (unpaired) electrons. The van der Waals surface area contributed by atoms with Crippen molar-refractivity contribution in [3.05, 3.63) is 35.4 Å². The van der Waals surface area contributed by atoms with E-state index in [1.807, 2.05) is 6.07 Å². The van der Waals surface area contributed by atoms with Crippen molar-refractivity contribution >= 4 is 17.7 Å². The molecule has 1 rings (SSSR count). The summed E-state index contributed by atoms with van der Waals surface area (Å²) in [7, 11) is 0. The van der Waals surface area contributed by atoms with Gasteiger partial charge in [0.1, 0.15) is 0 Å². The maximum Gasteiger partial charge on any atom is 0.216 e. The molecule has 0 bridgehead atoms. The molecule has 0 fully saturated rings. The highest BCUT2D eigenvalue weighted by Gasteiger charge is 2.24. The Hall–Kier alpha value is -1.27. The molecule has 0 amide bonds. The van der Waals surface area contributed by atoms with Gasteiger partial charge in [0.15, 0.2) is 0 Å². The van der Waals surface area contributed by atoms with Crippen molar-refractivity contribution in [2.45, 2.75) is 19.3 Å². The lowest BCUT2D eigenvalue weighted by Gasteiger charge is -2.18. The Morgan fingerprint density at radius 2 is 2.00 bits per heavy atom. The van der Waals surface area contributed by atoms with E-state index in [0.29, 0.717) is 5.56 Å². The minimum absolute atomic E-state index is 0.302. The maximum atomic E-state index is 11.2.